The van der Waals surface area contributed by atoms with Crippen molar-refractivity contribution in [2.45, 2.75) is 51.7 Å². The third-order valence-electron chi connectivity index (χ3n) is 10.4. The molecule has 0 unspecified atom stereocenters. The molecule has 0 bridgehead atoms. The van der Waals surface area contributed by atoms with Gasteiger partial charge in [0.15, 0.2) is 0 Å². The van der Waals surface area contributed by atoms with Crippen molar-refractivity contribution in [2.24, 2.45) is 0 Å². The molecule has 0 aliphatic heterocycles. The average molecular weight is 651 g/mol. The Balaban J connectivity index is 1.37. The Morgan fingerprint density at radius 3 is 1.26 bits per heavy atom. The van der Waals surface area contributed by atoms with Crippen molar-refractivity contribution in [1.29, 1.82) is 0 Å². The van der Waals surface area contributed by atoms with E-state index in [1.54, 1.807) is 0 Å². The van der Waals surface area contributed by atoms with E-state index in [9.17, 15) is 4.80 Å². The number of aryl methyl sites for hydroxylation is 3. The predicted molar refractivity (Wildman–Crippen MR) is 209 cm³/mol. The van der Waals surface area contributed by atoms with E-state index < -0.39 is 15.6 Å². The molecule has 0 atom stereocenters. The summed E-state index contributed by atoms with van der Waals surface area (Å²) in [5, 5.41) is 6.17. The first kappa shape index (κ1) is 32.9. The van der Waals surface area contributed by atoms with Gasteiger partial charge in [-0.1, -0.05) is 12.1 Å². The van der Waals surface area contributed by atoms with E-state index in [1.165, 1.54) is 38.2 Å². The summed E-state index contributed by atoms with van der Waals surface area (Å²) in [7, 11) is -5.48. The summed E-state index contributed by atoms with van der Waals surface area (Å²) < 4.78 is 0. The standard InChI is InChI=1S/C44H47OPSi/c1-35-33-38(34-46(39-20-10-5-11-21-39,40-22-12-6-13-23-40)41-24-14-7-15-25-41)36(2)32-37(35)30-31-44(3,4)47(45,42-26-16-8-17-27-42)43-28-18-9-19-29-43/h5-29,32-33,45-46H,30-31,34H2,1-4H3. The van der Waals surface area contributed by atoms with Gasteiger partial charge in [-0.25, -0.2) is 0 Å². The molecule has 1 N–H and O–H groups in total. The minimum atomic E-state index is -3.06. The molecule has 0 aromatic heterocycles. The van der Waals surface area contributed by atoms with E-state index in [0.717, 1.165) is 29.4 Å². The quantitative estimate of drug-likeness (QED) is 0.111. The molecule has 3 heteroatoms. The van der Waals surface area contributed by atoms with Gasteiger partial charge in [0.05, 0.1) is 0 Å². The zero-order valence-corrected chi connectivity index (χ0v) is 30.2. The third kappa shape index (κ3) is 6.43. The van der Waals surface area contributed by atoms with Crippen LogP contribution in [0.1, 0.15) is 42.5 Å². The summed E-state index contributed by atoms with van der Waals surface area (Å²) in [6.07, 6.45) is 2.82. The molecule has 6 rings (SSSR count). The molecule has 0 fully saturated rings. The zero-order chi connectivity index (χ0) is 32.9. The Morgan fingerprint density at radius 2 is 0.851 bits per heavy atom. The fourth-order valence-corrected chi connectivity index (χ4v) is 16.2. The molecule has 47 heavy (non-hydrogen) atoms. The van der Waals surface area contributed by atoms with Gasteiger partial charge in [-0.05, 0) is 0 Å². The summed E-state index contributed by atoms with van der Waals surface area (Å²) in [4.78, 5) is 12.7. The Kier molecular flexibility index (Phi) is 9.76. The minimum absolute atomic E-state index is 0.287. The van der Waals surface area contributed by atoms with Crippen molar-refractivity contribution in [3.8, 4) is 0 Å². The van der Waals surface area contributed by atoms with E-state index in [1.807, 2.05) is 12.1 Å². The van der Waals surface area contributed by atoms with Crippen LogP contribution in [0, 0.1) is 13.8 Å². The van der Waals surface area contributed by atoms with Crippen molar-refractivity contribution in [2.75, 3.05) is 0 Å². The fraction of sp³-hybridized carbons (Fsp3) is 0.182. The van der Waals surface area contributed by atoms with E-state index in [-0.39, 0.29) is 5.04 Å². The van der Waals surface area contributed by atoms with Gasteiger partial charge >= 0.3 is 272 Å². The molecular weight excluding hydrogens is 604 g/mol. The van der Waals surface area contributed by atoms with Crippen LogP contribution in [0.15, 0.2) is 164 Å². The zero-order valence-electron chi connectivity index (χ0n) is 28.2. The molecule has 238 valence electrons. The molecule has 0 aliphatic carbocycles. The van der Waals surface area contributed by atoms with Gasteiger partial charge in [0, 0.05) is 0 Å². The predicted octanol–water partition coefficient (Wildman–Crippen LogP) is 7.99. The fourth-order valence-electron chi connectivity index (χ4n) is 7.59. The topological polar surface area (TPSA) is 20.2 Å². The first-order chi connectivity index (χ1) is 22.8. The molecule has 6 aromatic carbocycles. The maximum absolute atomic E-state index is 12.7. The first-order valence-electron chi connectivity index (χ1n) is 16.8. The van der Waals surface area contributed by atoms with E-state index in [4.69, 9.17) is 0 Å². The average Bonchev–Trinajstić information content (AvgIpc) is 3.12. The van der Waals surface area contributed by atoms with Gasteiger partial charge in [0.2, 0.25) is 0 Å². The van der Waals surface area contributed by atoms with Crippen LogP contribution in [0.2, 0.25) is 5.04 Å². The van der Waals surface area contributed by atoms with Gasteiger partial charge in [-0.2, -0.15) is 0 Å². The van der Waals surface area contributed by atoms with Gasteiger partial charge < -0.3 is 0 Å². The Hall–Kier alpha value is -4.07. The van der Waals surface area contributed by atoms with Crippen LogP contribution >= 0.6 is 7.26 Å². The van der Waals surface area contributed by atoms with Crippen LogP contribution in [-0.4, -0.2) is 13.1 Å². The Morgan fingerprint density at radius 1 is 0.511 bits per heavy atom. The van der Waals surface area contributed by atoms with Crippen molar-refractivity contribution >= 4 is 41.9 Å². The Labute approximate surface area is 283 Å². The van der Waals surface area contributed by atoms with Crippen molar-refractivity contribution < 1.29 is 4.80 Å². The van der Waals surface area contributed by atoms with Gasteiger partial charge in [0.25, 0.3) is 0 Å². The molecule has 0 radical (unpaired) electrons. The van der Waals surface area contributed by atoms with Crippen LogP contribution < -0.4 is 26.3 Å². The summed E-state index contributed by atoms with van der Waals surface area (Å²) >= 11 is 0. The summed E-state index contributed by atoms with van der Waals surface area (Å²) in [5.41, 5.74) is 5.49. The monoisotopic (exact) mass is 650 g/mol. The van der Waals surface area contributed by atoms with Crippen LogP contribution in [0.5, 0.6) is 0 Å². The molecule has 1 nitrogen and oxygen atoms in total. The molecule has 0 heterocycles. The van der Waals surface area contributed by atoms with Crippen molar-refractivity contribution in [3.05, 3.63) is 186 Å². The second-order valence-electron chi connectivity index (χ2n) is 13.7. The molecule has 0 saturated heterocycles. The molecule has 0 saturated carbocycles. The third-order valence-corrected chi connectivity index (χ3v) is 19.8. The Bertz CT molecular complexity index is 1750. The van der Waals surface area contributed by atoms with Crippen LogP contribution in [0.25, 0.3) is 0 Å². The van der Waals surface area contributed by atoms with Crippen LogP contribution in [-0.2, 0) is 12.6 Å². The molecular formula is C44H47OPSi. The van der Waals surface area contributed by atoms with Gasteiger partial charge in [-0.15, -0.1) is 0 Å². The number of hydrogen-bond donors (Lipinski definition) is 1. The number of hydrogen-bond acceptors (Lipinski definition) is 1. The second kappa shape index (κ2) is 14.0. The van der Waals surface area contributed by atoms with Crippen LogP contribution in [0.3, 0.4) is 0 Å². The summed E-state index contributed by atoms with van der Waals surface area (Å²) in [5.74, 6) is 0. The second-order valence-corrected chi connectivity index (χ2v) is 21.5. The van der Waals surface area contributed by atoms with Crippen molar-refractivity contribution in [1.82, 2.24) is 0 Å². The normalized spacial score (nSPS) is 12.5. The maximum atomic E-state index is 12.7. The van der Waals surface area contributed by atoms with Crippen LogP contribution in [0.4, 0.5) is 0 Å². The molecule has 0 aliphatic rings. The van der Waals surface area contributed by atoms with E-state index >= 15 is 0 Å². The molecule has 0 amide bonds. The molecule has 6 aromatic rings. The molecule has 0 spiro atoms. The van der Waals surface area contributed by atoms with Gasteiger partial charge in [0.1, 0.15) is 0 Å². The van der Waals surface area contributed by atoms with E-state index in [2.05, 4.69) is 179 Å². The van der Waals surface area contributed by atoms with E-state index in [0.29, 0.717) is 0 Å². The van der Waals surface area contributed by atoms with Gasteiger partial charge in [-0.3, -0.25) is 0 Å². The van der Waals surface area contributed by atoms with Crippen molar-refractivity contribution in [3.63, 3.8) is 0 Å². The summed E-state index contributed by atoms with van der Waals surface area (Å²) in [6.45, 7) is 9.12. The number of rotatable bonds is 11. The SMILES string of the molecule is Cc1cc(C[PH](c2ccccc2)(c2ccccc2)c2ccccc2)c(C)cc1CCC(C)(C)[Si](O)(c1ccccc1)c1ccccc1. The number of benzene rings is 6. The first-order valence-corrected chi connectivity index (χ1v) is 21.0. The summed E-state index contributed by atoms with van der Waals surface area (Å²) in [6, 6.07) is 59.3.